The first-order chi connectivity index (χ1) is 11.9. The third-order valence-corrected chi connectivity index (χ3v) is 3.85. The number of carbonyl (C=O) groups is 2. The number of esters is 1. The number of nitrogens with one attached hydrogen (secondary N) is 1. The molecule has 0 aromatic heterocycles. The molecule has 0 aliphatic heterocycles. The van der Waals surface area contributed by atoms with Crippen molar-refractivity contribution in [1.29, 1.82) is 0 Å². The van der Waals surface area contributed by atoms with E-state index in [-0.39, 0.29) is 5.91 Å². The second-order valence-corrected chi connectivity index (χ2v) is 5.84. The van der Waals surface area contributed by atoms with E-state index >= 15 is 0 Å². The molecule has 0 aliphatic rings. The summed E-state index contributed by atoms with van der Waals surface area (Å²) in [4.78, 5) is 24.2. The highest BCUT2D eigenvalue weighted by atomic mass is 16.5. The Morgan fingerprint density at radius 1 is 1.12 bits per heavy atom. The van der Waals surface area contributed by atoms with Gasteiger partial charge in [-0.1, -0.05) is 25.1 Å². The van der Waals surface area contributed by atoms with Crippen LogP contribution in [-0.2, 0) is 9.53 Å². The summed E-state index contributed by atoms with van der Waals surface area (Å²) < 4.78 is 10.5. The third kappa shape index (κ3) is 4.83. The van der Waals surface area contributed by atoms with Gasteiger partial charge in [-0.2, -0.15) is 0 Å². The zero-order valence-electron chi connectivity index (χ0n) is 15.0. The number of rotatable bonds is 6. The van der Waals surface area contributed by atoms with Crippen molar-refractivity contribution >= 4 is 17.6 Å². The summed E-state index contributed by atoms with van der Waals surface area (Å²) >= 11 is 0. The van der Waals surface area contributed by atoms with E-state index in [9.17, 15) is 9.59 Å². The number of ether oxygens (including phenoxy) is 2. The maximum atomic E-state index is 12.6. The van der Waals surface area contributed by atoms with Crippen molar-refractivity contribution in [2.75, 3.05) is 12.4 Å². The standard InChI is InChI=1S/C20H23NO4/c1-5-18(25-16-8-6-7-13(2)11-16)19(22)21-17-12-15(20(23)24-4)10-9-14(17)3/h6-12,18H,5H2,1-4H3,(H,21,22)/t18-/m0/s1. The summed E-state index contributed by atoms with van der Waals surface area (Å²) in [7, 11) is 1.32. The van der Waals surface area contributed by atoms with Gasteiger partial charge in [-0.3, -0.25) is 4.79 Å². The predicted octanol–water partition coefficient (Wildman–Crippen LogP) is 3.89. The van der Waals surface area contributed by atoms with Gasteiger partial charge in [0.15, 0.2) is 6.10 Å². The average Bonchev–Trinajstić information content (AvgIpc) is 2.60. The van der Waals surface area contributed by atoms with Gasteiger partial charge in [-0.25, -0.2) is 4.79 Å². The average molecular weight is 341 g/mol. The van der Waals surface area contributed by atoms with Crippen LogP contribution in [0.5, 0.6) is 5.75 Å². The molecule has 2 rings (SSSR count). The first-order valence-electron chi connectivity index (χ1n) is 8.17. The zero-order chi connectivity index (χ0) is 18.4. The highest BCUT2D eigenvalue weighted by Crippen LogP contribution is 2.20. The summed E-state index contributed by atoms with van der Waals surface area (Å²) in [6, 6.07) is 12.6. The largest absolute Gasteiger partial charge is 0.481 e. The van der Waals surface area contributed by atoms with Crippen LogP contribution in [-0.4, -0.2) is 25.1 Å². The number of anilines is 1. The molecule has 5 nitrogen and oxygen atoms in total. The molecular weight excluding hydrogens is 318 g/mol. The molecule has 0 unspecified atom stereocenters. The van der Waals surface area contributed by atoms with Gasteiger partial charge < -0.3 is 14.8 Å². The molecular formula is C20H23NO4. The molecule has 132 valence electrons. The van der Waals surface area contributed by atoms with Crippen LogP contribution in [0.3, 0.4) is 0 Å². The molecule has 0 aliphatic carbocycles. The molecule has 0 radical (unpaired) electrons. The summed E-state index contributed by atoms with van der Waals surface area (Å²) in [5, 5.41) is 2.84. The van der Waals surface area contributed by atoms with Crippen molar-refractivity contribution in [2.24, 2.45) is 0 Å². The van der Waals surface area contributed by atoms with Crippen LogP contribution in [0.1, 0.15) is 34.8 Å². The first-order valence-corrected chi connectivity index (χ1v) is 8.17. The van der Waals surface area contributed by atoms with E-state index in [0.29, 0.717) is 23.4 Å². The lowest BCUT2D eigenvalue weighted by molar-refractivity contribution is -0.122. The minimum Gasteiger partial charge on any atom is -0.481 e. The molecule has 5 heteroatoms. The number of amides is 1. The minimum absolute atomic E-state index is 0.255. The van der Waals surface area contributed by atoms with Crippen LogP contribution in [0.15, 0.2) is 42.5 Å². The molecule has 2 aromatic rings. The Morgan fingerprint density at radius 3 is 2.52 bits per heavy atom. The number of aryl methyl sites for hydroxylation is 2. The van der Waals surface area contributed by atoms with E-state index in [2.05, 4.69) is 5.32 Å². The predicted molar refractivity (Wildman–Crippen MR) is 97.0 cm³/mol. The SMILES string of the molecule is CC[C@H](Oc1cccc(C)c1)C(=O)Nc1cc(C(=O)OC)ccc1C. The molecule has 0 spiro atoms. The molecule has 0 heterocycles. The summed E-state index contributed by atoms with van der Waals surface area (Å²) in [5.74, 6) is -0.0466. The van der Waals surface area contributed by atoms with Gasteiger partial charge in [0.05, 0.1) is 12.7 Å². The molecule has 2 aromatic carbocycles. The van der Waals surface area contributed by atoms with E-state index in [1.807, 2.05) is 45.0 Å². The van der Waals surface area contributed by atoms with Crippen LogP contribution in [0.2, 0.25) is 0 Å². The Balaban J connectivity index is 2.15. The maximum Gasteiger partial charge on any atom is 0.337 e. The number of carbonyl (C=O) groups excluding carboxylic acids is 2. The van der Waals surface area contributed by atoms with Crippen molar-refractivity contribution in [3.05, 3.63) is 59.2 Å². The van der Waals surface area contributed by atoms with Crippen molar-refractivity contribution in [2.45, 2.75) is 33.3 Å². The van der Waals surface area contributed by atoms with Gasteiger partial charge in [0.1, 0.15) is 5.75 Å². The smallest absolute Gasteiger partial charge is 0.337 e. The lowest BCUT2D eigenvalue weighted by atomic mass is 10.1. The van der Waals surface area contributed by atoms with Crippen LogP contribution in [0, 0.1) is 13.8 Å². The molecule has 0 fully saturated rings. The summed E-state index contributed by atoms with van der Waals surface area (Å²) in [5.41, 5.74) is 2.87. The van der Waals surface area contributed by atoms with Crippen LogP contribution >= 0.6 is 0 Å². The first kappa shape index (κ1) is 18.5. The van der Waals surface area contributed by atoms with Gasteiger partial charge >= 0.3 is 5.97 Å². The lowest BCUT2D eigenvalue weighted by Crippen LogP contribution is -2.32. The fraction of sp³-hybridized carbons (Fsp3) is 0.300. The second-order valence-electron chi connectivity index (χ2n) is 5.84. The maximum absolute atomic E-state index is 12.6. The van der Waals surface area contributed by atoms with Gasteiger partial charge in [0.2, 0.25) is 0 Å². The van der Waals surface area contributed by atoms with E-state index in [0.717, 1.165) is 11.1 Å². The Bertz CT molecular complexity index is 770. The minimum atomic E-state index is -0.622. The monoisotopic (exact) mass is 341 g/mol. The van der Waals surface area contributed by atoms with Crippen molar-refractivity contribution < 1.29 is 19.1 Å². The zero-order valence-corrected chi connectivity index (χ0v) is 15.0. The number of benzene rings is 2. The molecule has 1 amide bonds. The molecule has 1 N–H and O–H groups in total. The number of methoxy groups -OCH3 is 1. The van der Waals surface area contributed by atoms with Crippen LogP contribution in [0.4, 0.5) is 5.69 Å². The van der Waals surface area contributed by atoms with E-state index < -0.39 is 12.1 Å². The van der Waals surface area contributed by atoms with E-state index in [4.69, 9.17) is 9.47 Å². The molecule has 0 bridgehead atoms. The summed E-state index contributed by atoms with van der Waals surface area (Å²) in [6.07, 6.45) is -0.0989. The van der Waals surface area contributed by atoms with Crippen molar-refractivity contribution in [1.82, 2.24) is 0 Å². The number of hydrogen-bond acceptors (Lipinski definition) is 4. The quantitative estimate of drug-likeness (QED) is 0.810. The molecule has 25 heavy (non-hydrogen) atoms. The fourth-order valence-corrected chi connectivity index (χ4v) is 2.39. The fourth-order valence-electron chi connectivity index (χ4n) is 2.39. The van der Waals surface area contributed by atoms with Gasteiger partial charge in [-0.15, -0.1) is 0 Å². The highest BCUT2D eigenvalue weighted by molar-refractivity contribution is 5.97. The van der Waals surface area contributed by atoms with Crippen molar-refractivity contribution in [3.8, 4) is 5.75 Å². The summed E-state index contributed by atoms with van der Waals surface area (Å²) in [6.45, 7) is 5.71. The Hall–Kier alpha value is -2.82. The molecule has 0 saturated heterocycles. The Morgan fingerprint density at radius 2 is 1.88 bits per heavy atom. The second kappa shape index (κ2) is 8.33. The van der Waals surface area contributed by atoms with Gasteiger partial charge in [0, 0.05) is 5.69 Å². The van der Waals surface area contributed by atoms with E-state index in [1.54, 1.807) is 18.2 Å². The van der Waals surface area contributed by atoms with Gasteiger partial charge in [0.25, 0.3) is 5.91 Å². The Labute approximate surface area is 148 Å². The third-order valence-electron chi connectivity index (χ3n) is 3.85. The highest BCUT2D eigenvalue weighted by Gasteiger charge is 2.20. The van der Waals surface area contributed by atoms with Gasteiger partial charge in [-0.05, 0) is 55.7 Å². The normalized spacial score (nSPS) is 11.5. The molecule has 0 saturated carbocycles. The van der Waals surface area contributed by atoms with Crippen molar-refractivity contribution in [3.63, 3.8) is 0 Å². The Kier molecular flexibility index (Phi) is 6.17. The topological polar surface area (TPSA) is 64.6 Å². The number of hydrogen-bond donors (Lipinski definition) is 1. The van der Waals surface area contributed by atoms with Crippen LogP contribution < -0.4 is 10.1 Å². The van der Waals surface area contributed by atoms with Crippen LogP contribution in [0.25, 0.3) is 0 Å². The molecule has 1 atom stereocenters. The lowest BCUT2D eigenvalue weighted by Gasteiger charge is -2.18. The van der Waals surface area contributed by atoms with E-state index in [1.165, 1.54) is 7.11 Å².